The molecular weight excluding hydrogens is 452 g/mol. The Kier molecular flexibility index (Phi) is 7.64. The fourth-order valence-electron chi connectivity index (χ4n) is 4.22. The van der Waals surface area contributed by atoms with Crippen molar-refractivity contribution in [2.75, 3.05) is 62.4 Å². The summed E-state index contributed by atoms with van der Waals surface area (Å²) in [5.74, 6) is 2.71. The van der Waals surface area contributed by atoms with Gasteiger partial charge in [0.1, 0.15) is 11.6 Å². The van der Waals surface area contributed by atoms with E-state index in [1.807, 2.05) is 31.3 Å². The van der Waals surface area contributed by atoms with E-state index in [-0.39, 0.29) is 0 Å². The van der Waals surface area contributed by atoms with Crippen LogP contribution in [0.3, 0.4) is 0 Å². The first kappa shape index (κ1) is 24.0. The van der Waals surface area contributed by atoms with E-state index in [1.165, 1.54) is 6.21 Å². The van der Waals surface area contributed by atoms with Gasteiger partial charge in [-0.2, -0.15) is 0 Å². The van der Waals surface area contributed by atoms with Crippen molar-refractivity contribution in [3.8, 4) is 5.75 Å². The van der Waals surface area contributed by atoms with Gasteiger partial charge in [0.15, 0.2) is 11.6 Å². The van der Waals surface area contributed by atoms with Gasteiger partial charge in [-0.1, -0.05) is 17.7 Å². The number of pyridine rings is 1. The minimum absolute atomic E-state index is 0.498. The number of likely N-dealkylation sites (N-methyl/N-ethyl adjacent to an activating group) is 1. The molecule has 3 aromatic rings. The molecule has 3 heterocycles. The van der Waals surface area contributed by atoms with Gasteiger partial charge in [-0.25, -0.2) is 4.98 Å². The number of ether oxygens (including phenoxy) is 1. The predicted molar refractivity (Wildman–Crippen MR) is 139 cm³/mol. The van der Waals surface area contributed by atoms with Gasteiger partial charge < -0.3 is 30.6 Å². The number of fused-ring (bicyclic) bond motifs is 1. The Bertz CT molecular complexity index is 1170. The van der Waals surface area contributed by atoms with E-state index in [0.717, 1.165) is 54.8 Å². The van der Waals surface area contributed by atoms with E-state index in [1.54, 1.807) is 7.11 Å². The molecule has 3 N–H and O–H groups in total. The van der Waals surface area contributed by atoms with Gasteiger partial charge >= 0.3 is 0 Å². The molecule has 0 aliphatic carbocycles. The number of anilines is 3. The van der Waals surface area contributed by atoms with Crippen LogP contribution in [0.15, 0.2) is 24.4 Å². The number of halogens is 1. The number of methoxy groups -OCH3 is 1. The molecule has 0 bridgehead atoms. The van der Waals surface area contributed by atoms with Gasteiger partial charge in [-0.15, -0.1) is 10.2 Å². The molecule has 0 spiro atoms. The maximum Gasteiger partial charge on any atom is 0.160 e. The molecule has 180 valence electrons. The Labute approximate surface area is 205 Å². The summed E-state index contributed by atoms with van der Waals surface area (Å²) in [6.45, 7) is 7.00. The van der Waals surface area contributed by atoms with Gasteiger partial charge in [-0.05, 0) is 44.6 Å². The highest BCUT2D eigenvalue weighted by Crippen LogP contribution is 2.34. The number of nitrogens with zero attached hydrogens (tertiary/aromatic N) is 5. The first-order chi connectivity index (χ1) is 16.5. The Hall–Kier alpha value is -3.17. The lowest BCUT2D eigenvalue weighted by Gasteiger charge is -2.24. The van der Waals surface area contributed by atoms with Crippen LogP contribution in [-0.2, 0) is 6.54 Å². The molecule has 34 heavy (non-hydrogen) atoms. The molecule has 0 atom stereocenters. The van der Waals surface area contributed by atoms with Crippen LogP contribution >= 0.6 is 11.6 Å². The minimum Gasteiger partial charge on any atom is -0.495 e. The zero-order chi connectivity index (χ0) is 24.1. The summed E-state index contributed by atoms with van der Waals surface area (Å²) in [7, 11) is 3.74. The largest absolute Gasteiger partial charge is 0.495 e. The second kappa shape index (κ2) is 10.8. The Balaban J connectivity index is 1.75. The summed E-state index contributed by atoms with van der Waals surface area (Å²) in [5.41, 5.74) is 1.68. The summed E-state index contributed by atoms with van der Waals surface area (Å²) in [5, 5.41) is 26.3. The van der Waals surface area contributed by atoms with Crippen molar-refractivity contribution >= 4 is 46.0 Å². The zero-order valence-corrected chi connectivity index (χ0v) is 20.6. The standard InChI is InChI=1S/C24H31ClN8O/c1-4-27-22-17(13-26)21-18(15-29-22)24(33-9-5-8-32(2)10-11-33)31-30-23(21)28-14-16-6-7-20(34-3)19(25)12-16/h6-7,12-13,15,26H,4-5,8-11,14H2,1-3H3,(H,27,29)(H,28,30). The third kappa shape index (κ3) is 5.00. The second-order valence-electron chi connectivity index (χ2n) is 8.32. The number of aromatic nitrogens is 3. The zero-order valence-electron chi connectivity index (χ0n) is 19.9. The fraction of sp³-hybridized carbons (Fsp3) is 0.417. The van der Waals surface area contributed by atoms with Gasteiger partial charge in [-0.3, -0.25) is 0 Å². The molecule has 0 amide bonds. The van der Waals surface area contributed by atoms with Gasteiger partial charge in [0.05, 0.1) is 12.1 Å². The van der Waals surface area contributed by atoms with Crippen LogP contribution in [0.5, 0.6) is 5.75 Å². The van der Waals surface area contributed by atoms with Crippen LogP contribution in [0.4, 0.5) is 17.5 Å². The summed E-state index contributed by atoms with van der Waals surface area (Å²) in [6, 6.07) is 5.67. The lowest BCUT2D eigenvalue weighted by molar-refractivity contribution is 0.360. The molecule has 2 aromatic heterocycles. The van der Waals surface area contributed by atoms with E-state index in [2.05, 4.69) is 42.7 Å². The molecule has 0 unspecified atom stereocenters. The van der Waals surface area contributed by atoms with Crippen LogP contribution in [-0.4, -0.2) is 73.2 Å². The predicted octanol–water partition coefficient (Wildman–Crippen LogP) is 3.87. The summed E-state index contributed by atoms with van der Waals surface area (Å²) in [4.78, 5) is 9.23. The highest BCUT2D eigenvalue weighted by Gasteiger charge is 2.21. The number of benzene rings is 1. The molecule has 1 saturated heterocycles. The smallest absolute Gasteiger partial charge is 0.160 e. The number of hydrogen-bond acceptors (Lipinski definition) is 9. The van der Waals surface area contributed by atoms with Crippen LogP contribution < -0.4 is 20.3 Å². The van der Waals surface area contributed by atoms with Crippen LogP contribution in [0.1, 0.15) is 24.5 Å². The van der Waals surface area contributed by atoms with Crippen molar-refractivity contribution in [3.63, 3.8) is 0 Å². The second-order valence-corrected chi connectivity index (χ2v) is 8.73. The molecule has 0 radical (unpaired) electrons. The molecule has 1 fully saturated rings. The number of hydrogen-bond donors (Lipinski definition) is 3. The Morgan fingerprint density at radius 2 is 2.00 bits per heavy atom. The average Bonchev–Trinajstić information content (AvgIpc) is 3.07. The minimum atomic E-state index is 0.498. The third-order valence-electron chi connectivity index (χ3n) is 6.02. The van der Waals surface area contributed by atoms with E-state index >= 15 is 0 Å². The Morgan fingerprint density at radius 1 is 1.15 bits per heavy atom. The molecule has 4 rings (SSSR count). The van der Waals surface area contributed by atoms with Crippen molar-refractivity contribution in [1.29, 1.82) is 5.41 Å². The van der Waals surface area contributed by atoms with Gasteiger partial charge in [0.2, 0.25) is 0 Å². The van der Waals surface area contributed by atoms with E-state index in [9.17, 15) is 0 Å². The molecule has 0 saturated carbocycles. The molecule has 1 aromatic carbocycles. The van der Waals surface area contributed by atoms with Gasteiger partial charge in [0, 0.05) is 61.5 Å². The lowest BCUT2D eigenvalue weighted by atomic mass is 10.1. The van der Waals surface area contributed by atoms with Crippen LogP contribution in [0.25, 0.3) is 10.8 Å². The first-order valence-corrected chi connectivity index (χ1v) is 11.9. The number of rotatable bonds is 8. The molecular formula is C24H31ClN8O. The summed E-state index contributed by atoms with van der Waals surface area (Å²) in [6.07, 6.45) is 4.23. The third-order valence-corrected chi connectivity index (χ3v) is 6.32. The van der Waals surface area contributed by atoms with Crippen molar-refractivity contribution in [2.24, 2.45) is 0 Å². The van der Waals surface area contributed by atoms with E-state index in [4.69, 9.17) is 21.7 Å². The highest BCUT2D eigenvalue weighted by molar-refractivity contribution is 6.32. The Morgan fingerprint density at radius 3 is 2.74 bits per heavy atom. The van der Waals surface area contributed by atoms with Crippen LogP contribution in [0, 0.1) is 5.41 Å². The fourth-order valence-corrected chi connectivity index (χ4v) is 4.50. The first-order valence-electron chi connectivity index (χ1n) is 11.5. The van der Waals surface area contributed by atoms with E-state index < -0.39 is 0 Å². The van der Waals surface area contributed by atoms with Crippen molar-refractivity contribution in [2.45, 2.75) is 19.9 Å². The maximum absolute atomic E-state index is 8.15. The summed E-state index contributed by atoms with van der Waals surface area (Å²) >= 11 is 6.30. The summed E-state index contributed by atoms with van der Waals surface area (Å²) < 4.78 is 5.25. The molecule has 1 aliphatic rings. The van der Waals surface area contributed by atoms with E-state index in [0.29, 0.717) is 41.1 Å². The topological polar surface area (TPSA) is 102 Å². The monoisotopic (exact) mass is 482 g/mol. The molecule has 1 aliphatic heterocycles. The quantitative estimate of drug-likeness (QED) is 0.416. The highest BCUT2D eigenvalue weighted by atomic mass is 35.5. The number of nitrogens with one attached hydrogen (secondary N) is 3. The lowest BCUT2D eigenvalue weighted by Crippen LogP contribution is -2.30. The molecule has 9 nitrogen and oxygen atoms in total. The van der Waals surface area contributed by atoms with Crippen molar-refractivity contribution in [1.82, 2.24) is 20.1 Å². The van der Waals surface area contributed by atoms with Crippen molar-refractivity contribution < 1.29 is 4.74 Å². The SMILES string of the molecule is CCNc1ncc2c(N3CCCN(C)CC3)nnc(NCc3ccc(OC)c(Cl)c3)c2c1C=N. The van der Waals surface area contributed by atoms with Crippen LogP contribution in [0.2, 0.25) is 5.02 Å². The van der Waals surface area contributed by atoms with Gasteiger partial charge in [0.25, 0.3) is 0 Å². The molecule has 10 heteroatoms. The average molecular weight is 483 g/mol. The normalized spacial score (nSPS) is 14.6. The van der Waals surface area contributed by atoms with Crippen molar-refractivity contribution in [3.05, 3.63) is 40.5 Å². The maximum atomic E-state index is 8.15.